The molecule has 0 radical (unpaired) electrons. The number of aryl methyl sites for hydroxylation is 1. The number of carbonyl (C=O) groups excluding carboxylic acids is 1. The van der Waals surface area contributed by atoms with E-state index in [1.54, 1.807) is 6.07 Å². The van der Waals surface area contributed by atoms with E-state index < -0.39 is 0 Å². The van der Waals surface area contributed by atoms with Crippen molar-refractivity contribution in [1.82, 2.24) is 15.3 Å². The summed E-state index contributed by atoms with van der Waals surface area (Å²) in [4.78, 5) is 23.4. The van der Waals surface area contributed by atoms with E-state index in [4.69, 9.17) is 4.74 Å². The van der Waals surface area contributed by atoms with Gasteiger partial charge in [-0.2, -0.15) is 0 Å². The van der Waals surface area contributed by atoms with Crippen LogP contribution in [0.4, 0.5) is 5.82 Å². The zero-order chi connectivity index (χ0) is 15.4. The van der Waals surface area contributed by atoms with Gasteiger partial charge in [-0.1, -0.05) is 19.3 Å². The van der Waals surface area contributed by atoms with Crippen molar-refractivity contribution >= 4 is 11.7 Å². The molecule has 1 aromatic rings. The summed E-state index contributed by atoms with van der Waals surface area (Å²) >= 11 is 0. The number of ether oxygens (including phenoxy) is 1. The molecule has 0 atom stereocenters. The highest BCUT2D eigenvalue weighted by Crippen LogP contribution is 2.19. The van der Waals surface area contributed by atoms with Crippen LogP contribution in [0, 0.1) is 6.92 Å². The first kappa shape index (κ1) is 15.2. The number of aromatic nitrogens is 2. The number of nitrogens with one attached hydrogen (secondary N) is 1. The van der Waals surface area contributed by atoms with Crippen LogP contribution in [0.2, 0.25) is 0 Å². The van der Waals surface area contributed by atoms with Crippen LogP contribution in [0.1, 0.15) is 48.4 Å². The lowest BCUT2D eigenvalue weighted by molar-refractivity contribution is 0.0922. The molecule has 0 bridgehead atoms. The van der Waals surface area contributed by atoms with Crippen molar-refractivity contribution in [2.75, 3.05) is 31.2 Å². The van der Waals surface area contributed by atoms with Crippen molar-refractivity contribution in [2.45, 2.75) is 45.1 Å². The standard InChI is InChI=1S/C16H24N4O2/c1-12-17-14(16(21)19-13-5-3-2-4-6-13)11-15(18-12)20-7-9-22-10-8-20/h11,13H,2-10H2,1H3,(H,19,21). The van der Waals surface area contributed by atoms with Crippen molar-refractivity contribution in [2.24, 2.45) is 0 Å². The predicted octanol–water partition coefficient (Wildman–Crippen LogP) is 1.68. The van der Waals surface area contributed by atoms with E-state index in [1.807, 2.05) is 6.92 Å². The fourth-order valence-corrected chi connectivity index (χ4v) is 3.13. The summed E-state index contributed by atoms with van der Waals surface area (Å²) in [6.45, 7) is 4.85. The van der Waals surface area contributed by atoms with Crippen molar-refractivity contribution in [1.29, 1.82) is 0 Å². The van der Waals surface area contributed by atoms with Crippen molar-refractivity contribution < 1.29 is 9.53 Å². The molecular formula is C16H24N4O2. The average molecular weight is 304 g/mol. The molecule has 22 heavy (non-hydrogen) atoms. The fraction of sp³-hybridized carbons (Fsp3) is 0.688. The number of nitrogens with zero attached hydrogens (tertiary/aromatic N) is 3. The van der Waals surface area contributed by atoms with Gasteiger partial charge in [0.2, 0.25) is 0 Å². The Labute approximate surface area is 131 Å². The maximum absolute atomic E-state index is 12.5. The SMILES string of the molecule is Cc1nc(C(=O)NC2CCCCC2)cc(N2CCOCC2)n1. The molecule has 6 heteroatoms. The molecule has 1 aliphatic carbocycles. The van der Waals surface area contributed by atoms with Gasteiger partial charge in [0.1, 0.15) is 17.3 Å². The van der Waals surface area contributed by atoms with Gasteiger partial charge in [0.05, 0.1) is 13.2 Å². The number of hydrogen-bond donors (Lipinski definition) is 1. The molecule has 0 spiro atoms. The molecule has 2 heterocycles. The van der Waals surface area contributed by atoms with Crippen LogP contribution < -0.4 is 10.2 Å². The van der Waals surface area contributed by atoms with E-state index in [9.17, 15) is 4.79 Å². The Morgan fingerprint density at radius 1 is 1.23 bits per heavy atom. The van der Waals surface area contributed by atoms with Crippen molar-refractivity contribution in [3.05, 3.63) is 17.6 Å². The Morgan fingerprint density at radius 3 is 2.68 bits per heavy atom. The largest absolute Gasteiger partial charge is 0.378 e. The number of carbonyl (C=O) groups is 1. The third kappa shape index (κ3) is 3.74. The molecule has 0 unspecified atom stereocenters. The monoisotopic (exact) mass is 304 g/mol. The van der Waals surface area contributed by atoms with Crippen molar-refractivity contribution in [3.63, 3.8) is 0 Å². The minimum absolute atomic E-state index is 0.0769. The lowest BCUT2D eigenvalue weighted by Crippen LogP contribution is -2.38. The minimum atomic E-state index is -0.0769. The van der Waals surface area contributed by atoms with Gasteiger partial charge >= 0.3 is 0 Å². The third-order valence-electron chi connectivity index (χ3n) is 4.33. The molecule has 0 aromatic carbocycles. The Morgan fingerprint density at radius 2 is 1.95 bits per heavy atom. The second-order valence-corrected chi connectivity index (χ2v) is 6.07. The number of anilines is 1. The van der Waals surface area contributed by atoms with E-state index in [0.29, 0.717) is 30.8 Å². The van der Waals surface area contributed by atoms with Crippen LogP contribution >= 0.6 is 0 Å². The first-order valence-electron chi connectivity index (χ1n) is 8.21. The summed E-state index contributed by atoms with van der Waals surface area (Å²) in [5.74, 6) is 1.38. The quantitative estimate of drug-likeness (QED) is 0.920. The van der Waals surface area contributed by atoms with Gasteiger partial charge in [-0.05, 0) is 19.8 Å². The summed E-state index contributed by atoms with van der Waals surface area (Å²) in [5.41, 5.74) is 0.472. The Bertz CT molecular complexity index is 523. The summed E-state index contributed by atoms with van der Waals surface area (Å²) in [7, 11) is 0. The zero-order valence-corrected chi connectivity index (χ0v) is 13.2. The molecule has 3 rings (SSSR count). The molecule has 1 saturated carbocycles. The number of morpholine rings is 1. The van der Waals surface area contributed by atoms with Crippen molar-refractivity contribution in [3.8, 4) is 0 Å². The first-order valence-corrected chi connectivity index (χ1v) is 8.21. The van der Waals surface area contributed by atoms with E-state index in [1.165, 1.54) is 19.3 Å². The predicted molar refractivity (Wildman–Crippen MR) is 84.1 cm³/mol. The molecule has 120 valence electrons. The topological polar surface area (TPSA) is 67.4 Å². The molecule has 2 fully saturated rings. The second-order valence-electron chi connectivity index (χ2n) is 6.07. The summed E-state index contributed by atoms with van der Waals surface area (Å²) in [5, 5.41) is 3.12. The van der Waals surface area contributed by atoms with Crippen LogP contribution in [0.5, 0.6) is 0 Å². The lowest BCUT2D eigenvalue weighted by Gasteiger charge is -2.28. The molecular weight excluding hydrogens is 280 g/mol. The van der Waals surface area contributed by atoms with Gasteiger partial charge in [-0.15, -0.1) is 0 Å². The van der Waals surface area contributed by atoms with Crippen LogP contribution in [-0.2, 0) is 4.74 Å². The number of rotatable bonds is 3. The lowest BCUT2D eigenvalue weighted by atomic mass is 9.95. The molecule has 1 N–H and O–H groups in total. The second kappa shape index (κ2) is 7.05. The van der Waals surface area contributed by atoms with E-state index in [0.717, 1.165) is 31.7 Å². The van der Waals surface area contributed by atoms with Gasteiger partial charge < -0.3 is 15.0 Å². The molecule has 1 saturated heterocycles. The Kier molecular flexibility index (Phi) is 4.87. The molecule has 1 amide bonds. The Balaban J connectivity index is 1.71. The average Bonchev–Trinajstić information content (AvgIpc) is 2.56. The molecule has 1 aliphatic heterocycles. The summed E-state index contributed by atoms with van der Waals surface area (Å²) < 4.78 is 5.37. The van der Waals surface area contributed by atoms with E-state index in [-0.39, 0.29) is 5.91 Å². The highest BCUT2D eigenvalue weighted by molar-refractivity contribution is 5.93. The Hall–Kier alpha value is -1.69. The molecule has 6 nitrogen and oxygen atoms in total. The first-order chi connectivity index (χ1) is 10.7. The van der Waals surface area contributed by atoms with Crippen LogP contribution in [0.3, 0.4) is 0 Å². The highest BCUT2D eigenvalue weighted by atomic mass is 16.5. The van der Waals surface area contributed by atoms with Crippen LogP contribution in [0.15, 0.2) is 6.07 Å². The summed E-state index contributed by atoms with van der Waals surface area (Å²) in [6.07, 6.45) is 5.83. The maximum Gasteiger partial charge on any atom is 0.270 e. The van der Waals surface area contributed by atoms with E-state index in [2.05, 4.69) is 20.2 Å². The third-order valence-corrected chi connectivity index (χ3v) is 4.33. The normalized spacial score (nSPS) is 20.0. The van der Waals surface area contributed by atoms with E-state index >= 15 is 0 Å². The van der Waals surface area contributed by atoms with Gasteiger partial charge in [-0.3, -0.25) is 4.79 Å². The minimum Gasteiger partial charge on any atom is -0.378 e. The highest BCUT2D eigenvalue weighted by Gasteiger charge is 2.20. The molecule has 1 aromatic heterocycles. The smallest absolute Gasteiger partial charge is 0.270 e. The van der Waals surface area contributed by atoms with Crippen LogP contribution in [-0.4, -0.2) is 48.2 Å². The van der Waals surface area contributed by atoms with Crippen LogP contribution in [0.25, 0.3) is 0 Å². The number of hydrogen-bond acceptors (Lipinski definition) is 5. The van der Waals surface area contributed by atoms with Gasteiger partial charge in [0, 0.05) is 25.2 Å². The summed E-state index contributed by atoms with van der Waals surface area (Å²) in [6, 6.07) is 2.10. The van der Waals surface area contributed by atoms with Gasteiger partial charge in [0.25, 0.3) is 5.91 Å². The number of amides is 1. The maximum atomic E-state index is 12.5. The molecule has 2 aliphatic rings. The zero-order valence-electron chi connectivity index (χ0n) is 13.2. The van der Waals surface area contributed by atoms with Gasteiger partial charge in [-0.25, -0.2) is 9.97 Å². The fourth-order valence-electron chi connectivity index (χ4n) is 3.13. The van der Waals surface area contributed by atoms with Gasteiger partial charge in [0.15, 0.2) is 0 Å².